The summed E-state index contributed by atoms with van der Waals surface area (Å²) in [4.78, 5) is 13.7. The van der Waals surface area contributed by atoms with Crippen LogP contribution in [0.1, 0.15) is 5.56 Å². The number of halogens is 1. The van der Waals surface area contributed by atoms with Gasteiger partial charge in [-0.2, -0.15) is 0 Å². The standard InChI is InChI=1S/C10H8ClN3O4S2/c1-6-4-7(11)8(14(15)16)5-9(6)20(17,18)13-10-12-2-3-19-10/h2-5H,1H3,(H,12,13). The molecule has 0 aliphatic rings. The number of hydrogen-bond acceptors (Lipinski definition) is 6. The van der Waals surface area contributed by atoms with Gasteiger partial charge in [-0.15, -0.1) is 11.3 Å². The van der Waals surface area contributed by atoms with Crippen molar-refractivity contribution in [2.45, 2.75) is 11.8 Å². The number of nitrogens with zero attached hydrogens (tertiary/aromatic N) is 2. The first-order valence-corrected chi connectivity index (χ1v) is 7.92. The van der Waals surface area contributed by atoms with Crippen molar-refractivity contribution in [3.05, 3.63) is 44.4 Å². The van der Waals surface area contributed by atoms with Crippen molar-refractivity contribution in [1.29, 1.82) is 0 Å². The lowest BCUT2D eigenvalue weighted by atomic mass is 10.2. The molecule has 0 saturated heterocycles. The summed E-state index contributed by atoms with van der Waals surface area (Å²) in [7, 11) is -3.95. The van der Waals surface area contributed by atoms with E-state index in [2.05, 4.69) is 9.71 Å². The molecule has 0 aliphatic heterocycles. The monoisotopic (exact) mass is 333 g/mol. The molecule has 0 amide bonds. The number of sulfonamides is 1. The molecule has 0 saturated carbocycles. The highest BCUT2D eigenvalue weighted by molar-refractivity contribution is 7.93. The zero-order valence-corrected chi connectivity index (χ0v) is 12.4. The smallest absolute Gasteiger partial charge is 0.258 e. The first-order chi connectivity index (χ1) is 9.31. The molecule has 1 aromatic heterocycles. The normalized spacial score (nSPS) is 11.3. The van der Waals surface area contributed by atoms with Crippen LogP contribution in [0.4, 0.5) is 10.8 Å². The van der Waals surface area contributed by atoms with Crippen molar-refractivity contribution in [1.82, 2.24) is 4.98 Å². The van der Waals surface area contributed by atoms with E-state index in [1.54, 1.807) is 5.38 Å². The second-order valence-corrected chi connectivity index (χ2v) is 6.72. The van der Waals surface area contributed by atoms with Gasteiger partial charge in [0.25, 0.3) is 15.7 Å². The fraction of sp³-hybridized carbons (Fsp3) is 0.100. The van der Waals surface area contributed by atoms with Gasteiger partial charge in [0, 0.05) is 17.6 Å². The Kier molecular flexibility index (Phi) is 3.93. The van der Waals surface area contributed by atoms with Gasteiger partial charge in [-0.3, -0.25) is 14.8 Å². The quantitative estimate of drug-likeness (QED) is 0.684. The van der Waals surface area contributed by atoms with Gasteiger partial charge in [0.15, 0.2) is 5.13 Å². The van der Waals surface area contributed by atoms with Gasteiger partial charge in [-0.25, -0.2) is 13.4 Å². The van der Waals surface area contributed by atoms with Gasteiger partial charge in [0.2, 0.25) is 0 Å². The maximum atomic E-state index is 12.2. The topological polar surface area (TPSA) is 102 Å². The Morgan fingerprint density at radius 2 is 2.15 bits per heavy atom. The van der Waals surface area contributed by atoms with Crippen molar-refractivity contribution in [2.75, 3.05) is 4.72 Å². The minimum atomic E-state index is -3.95. The number of nitro benzene ring substituents is 1. The molecule has 1 heterocycles. The number of hydrogen-bond donors (Lipinski definition) is 1. The third-order valence-corrected chi connectivity index (χ3v) is 4.99. The number of aryl methyl sites for hydroxylation is 1. The summed E-state index contributed by atoms with van der Waals surface area (Å²) in [6.45, 7) is 1.51. The molecule has 0 atom stereocenters. The molecule has 0 aliphatic carbocycles. The van der Waals surface area contributed by atoms with Crippen molar-refractivity contribution < 1.29 is 13.3 Å². The predicted octanol–water partition coefficient (Wildman–Crippen LogP) is 2.81. The molecule has 1 N–H and O–H groups in total. The maximum absolute atomic E-state index is 12.2. The van der Waals surface area contributed by atoms with Crippen molar-refractivity contribution in [2.24, 2.45) is 0 Å². The van der Waals surface area contributed by atoms with Crippen molar-refractivity contribution in [3.63, 3.8) is 0 Å². The Morgan fingerprint density at radius 3 is 2.70 bits per heavy atom. The molecule has 2 rings (SSSR count). The average molecular weight is 334 g/mol. The highest BCUT2D eigenvalue weighted by Gasteiger charge is 2.24. The Hall–Kier alpha value is -1.71. The Labute approximate surface area is 123 Å². The van der Waals surface area contributed by atoms with Crippen LogP contribution >= 0.6 is 22.9 Å². The molecule has 0 unspecified atom stereocenters. The highest BCUT2D eigenvalue weighted by Crippen LogP contribution is 2.31. The summed E-state index contributed by atoms with van der Waals surface area (Å²) in [6, 6.07) is 2.18. The number of aromatic nitrogens is 1. The van der Waals surface area contributed by atoms with E-state index in [1.807, 2.05) is 0 Å². The van der Waals surface area contributed by atoms with E-state index in [0.717, 1.165) is 17.4 Å². The summed E-state index contributed by atoms with van der Waals surface area (Å²) in [5.74, 6) is 0. The lowest BCUT2D eigenvalue weighted by molar-refractivity contribution is -0.384. The maximum Gasteiger partial charge on any atom is 0.289 e. The van der Waals surface area contributed by atoms with Crippen LogP contribution in [0.2, 0.25) is 5.02 Å². The van der Waals surface area contributed by atoms with Crippen molar-refractivity contribution in [3.8, 4) is 0 Å². The first-order valence-electron chi connectivity index (χ1n) is 5.18. The van der Waals surface area contributed by atoms with Gasteiger partial charge in [0.1, 0.15) is 5.02 Å². The molecule has 20 heavy (non-hydrogen) atoms. The molecule has 0 spiro atoms. The predicted molar refractivity (Wildman–Crippen MR) is 75.8 cm³/mol. The first kappa shape index (κ1) is 14.7. The average Bonchev–Trinajstić information content (AvgIpc) is 2.79. The van der Waals surface area contributed by atoms with Gasteiger partial charge >= 0.3 is 0 Å². The van der Waals surface area contributed by atoms with Crippen LogP contribution in [-0.2, 0) is 10.0 Å². The van der Waals surface area contributed by atoms with Gasteiger partial charge in [-0.05, 0) is 18.6 Å². The van der Waals surface area contributed by atoms with Crippen molar-refractivity contribution >= 4 is 43.8 Å². The summed E-state index contributed by atoms with van der Waals surface area (Å²) in [5.41, 5.74) is -0.151. The van der Waals surface area contributed by atoms with Crippen LogP contribution in [0.5, 0.6) is 0 Å². The number of thiazole rings is 1. The number of nitro groups is 1. The van der Waals surface area contributed by atoms with E-state index in [9.17, 15) is 18.5 Å². The Bertz CT molecular complexity index is 759. The molecular formula is C10H8ClN3O4S2. The fourth-order valence-electron chi connectivity index (χ4n) is 1.52. The second-order valence-electron chi connectivity index (χ2n) is 3.77. The molecule has 1 aromatic carbocycles. The van der Waals surface area contributed by atoms with Crippen LogP contribution < -0.4 is 4.72 Å². The zero-order chi connectivity index (χ0) is 14.9. The van der Waals surface area contributed by atoms with E-state index in [4.69, 9.17) is 11.6 Å². The largest absolute Gasteiger partial charge is 0.289 e. The lowest BCUT2D eigenvalue weighted by Gasteiger charge is -2.08. The van der Waals surface area contributed by atoms with E-state index in [0.29, 0.717) is 5.56 Å². The molecule has 7 nitrogen and oxygen atoms in total. The van der Waals surface area contributed by atoms with E-state index >= 15 is 0 Å². The minimum absolute atomic E-state index is 0.110. The molecular weight excluding hydrogens is 326 g/mol. The van der Waals surface area contributed by atoms with E-state index in [-0.39, 0.29) is 15.0 Å². The number of rotatable bonds is 4. The highest BCUT2D eigenvalue weighted by atomic mass is 35.5. The number of nitrogens with one attached hydrogen (secondary N) is 1. The van der Waals surface area contributed by atoms with Crippen LogP contribution in [0.15, 0.2) is 28.6 Å². The van der Waals surface area contributed by atoms with Crippen LogP contribution in [0, 0.1) is 17.0 Å². The summed E-state index contributed by atoms with van der Waals surface area (Å²) in [5, 5.41) is 12.5. The summed E-state index contributed by atoms with van der Waals surface area (Å²) >= 11 is 6.82. The number of anilines is 1. The van der Waals surface area contributed by atoms with Crippen LogP contribution in [0.25, 0.3) is 0 Å². The molecule has 0 bridgehead atoms. The molecule has 10 heteroatoms. The lowest BCUT2D eigenvalue weighted by Crippen LogP contribution is -2.14. The summed E-state index contributed by atoms with van der Waals surface area (Å²) in [6.07, 6.45) is 1.44. The van der Waals surface area contributed by atoms with Crippen LogP contribution in [-0.4, -0.2) is 18.3 Å². The zero-order valence-electron chi connectivity index (χ0n) is 10.0. The third-order valence-electron chi connectivity index (χ3n) is 2.38. The van der Waals surface area contributed by atoms with Gasteiger partial charge in [0.05, 0.1) is 9.82 Å². The minimum Gasteiger partial charge on any atom is -0.258 e. The molecule has 0 fully saturated rings. The Balaban J connectivity index is 2.51. The second kappa shape index (κ2) is 5.35. The van der Waals surface area contributed by atoms with Gasteiger partial charge in [-0.1, -0.05) is 11.6 Å². The van der Waals surface area contributed by atoms with E-state index < -0.39 is 20.6 Å². The third kappa shape index (κ3) is 2.89. The molecule has 106 valence electrons. The SMILES string of the molecule is Cc1cc(Cl)c([N+](=O)[O-])cc1S(=O)(=O)Nc1nccs1. The summed E-state index contributed by atoms with van der Waals surface area (Å²) < 4.78 is 26.6. The fourth-order valence-corrected chi connectivity index (χ4v) is 3.84. The van der Waals surface area contributed by atoms with Crippen LogP contribution in [0.3, 0.4) is 0 Å². The van der Waals surface area contributed by atoms with Gasteiger partial charge < -0.3 is 0 Å². The molecule has 2 aromatic rings. The molecule has 0 radical (unpaired) electrons. The van der Waals surface area contributed by atoms with E-state index in [1.165, 1.54) is 19.2 Å². The number of benzene rings is 1. The Morgan fingerprint density at radius 1 is 1.45 bits per heavy atom.